The summed E-state index contributed by atoms with van der Waals surface area (Å²) < 4.78 is 11.9. The summed E-state index contributed by atoms with van der Waals surface area (Å²) in [7, 11) is 6.19. The summed E-state index contributed by atoms with van der Waals surface area (Å²) in [5.74, 6) is -4.93. The number of hydrogen-bond acceptors (Lipinski definition) is 10. The largest absolute Gasteiger partial charge is 0.480 e. The van der Waals surface area contributed by atoms with Crippen LogP contribution in [0.1, 0.15) is 112 Å². The molecule has 8 unspecified atom stereocenters. The van der Waals surface area contributed by atoms with Gasteiger partial charge in [0.1, 0.15) is 17.6 Å². The Bertz CT molecular complexity index is 1850. The lowest BCUT2D eigenvalue weighted by Crippen LogP contribution is -2.62. The summed E-state index contributed by atoms with van der Waals surface area (Å²) in [4.78, 5) is 111. The van der Waals surface area contributed by atoms with E-state index in [9.17, 15) is 43.5 Å². The van der Waals surface area contributed by atoms with Gasteiger partial charge in [-0.1, -0.05) is 84.2 Å². The molecule has 17 heteroatoms. The molecule has 1 aromatic carbocycles. The number of aliphatic carboxylic acids is 1. The lowest BCUT2D eigenvalue weighted by molar-refractivity contribution is -0.150. The van der Waals surface area contributed by atoms with Crippen molar-refractivity contribution < 1.29 is 52.9 Å². The normalized spacial score (nSPS) is 18.3. The number of carboxylic acid groups (broad SMARTS) is 1. The van der Waals surface area contributed by atoms with E-state index in [1.54, 1.807) is 68.9 Å². The van der Waals surface area contributed by atoms with Crippen molar-refractivity contribution in [2.24, 2.45) is 17.8 Å². The first-order valence-electron chi connectivity index (χ1n) is 23.4. The van der Waals surface area contributed by atoms with Gasteiger partial charge in [0.2, 0.25) is 29.5 Å². The van der Waals surface area contributed by atoms with Gasteiger partial charge < -0.3 is 39.9 Å². The van der Waals surface area contributed by atoms with Gasteiger partial charge in [0, 0.05) is 66.4 Å². The first-order valence-corrected chi connectivity index (χ1v) is 23.4. The molecule has 0 radical (unpaired) electrons. The Balaban J connectivity index is 1.67. The van der Waals surface area contributed by atoms with Crippen LogP contribution in [0.2, 0.25) is 0 Å². The predicted molar refractivity (Wildman–Crippen MR) is 248 cm³/mol. The first kappa shape index (κ1) is 55.2. The number of ether oxygens (including phenoxy) is 2. The van der Waals surface area contributed by atoms with E-state index in [1.807, 2.05) is 33.8 Å². The summed E-state index contributed by atoms with van der Waals surface area (Å²) in [6, 6.07) is 5.84. The van der Waals surface area contributed by atoms with Crippen LogP contribution in [-0.4, -0.2) is 155 Å². The minimum absolute atomic E-state index is 0.0806. The summed E-state index contributed by atoms with van der Waals surface area (Å²) in [6.07, 6.45) is 5.74. The first-order chi connectivity index (χ1) is 31.1. The Hall–Kier alpha value is -5.16. The van der Waals surface area contributed by atoms with E-state index in [0.717, 1.165) is 12.0 Å². The highest BCUT2D eigenvalue weighted by molar-refractivity contribution is 6.12. The van der Waals surface area contributed by atoms with Crippen molar-refractivity contribution in [1.29, 1.82) is 0 Å². The fraction of sp³-hybridized carbons (Fsp3) is 0.673. The molecule has 2 aliphatic rings. The average Bonchev–Trinajstić information content (AvgIpc) is 3.90. The monoisotopic (exact) mass is 925 g/mol. The van der Waals surface area contributed by atoms with Crippen molar-refractivity contribution >= 4 is 47.3 Å². The van der Waals surface area contributed by atoms with Crippen molar-refractivity contribution in [3.05, 3.63) is 48.0 Å². The average molecular weight is 925 g/mol. The summed E-state index contributed by atoms with van der Waals surface area (Å²) >= 11 is 0. The minimum Gasteiger partial charge on any atom is -0.480 e. The fourth-order valence-electron chi connectivity index (χ4n) is 8.89. The standard InChI is InChI=1S/C49H76N6O11/c1-12-32(4)43(37(65-10)30-41(59)54-28-20-23-36(54)44(66-11)33(5)45(60)50-35(47(62)63)29-34-21-16-15-17-22-34)52(8)46(61)42(31(2)3)51-48(64)49(6,7)53(9)38(56)24-18-13-14-19-27-55-39(57)25-26-40(55)58/h15-17,21-22,25-26,31-33,35-37,42-44H,12-14,18-20,23-24,27-30H2,1-11H3,(H,50,60)(H,51,64)(H,62,63). The molecule has 8 atom stereocenters. The number of hydrogen-bond donors (Lipinski definition) is 3. The molecule has 368 valence electrons. The molecule has 1 saturated heterocycles. The number of unbranched alkanes of at least 4 members (excludes halogenated alkanes) is 3. The molecule has 7 amide bonds. The number of carbonyl (C=O) groups is 8. The topological polar surface area (TPSA) is 212 Å². The van der Waals surface area contributed by atoms with Gasteiger partial charge in [-0.25, -0.2) is 4.79 Å². The van der Waals surface area contributed by atoms with Crippen LogP contribution in [0.5, 0.6) is 0 Å². The second kappa shape index (κ2) is 25.7. The quantitative estimate of drug-likeness (QED) is 0.0849. The number of nitrogens with zero attached hydrogens (tertiary/aromatic N) is 4. The van der Waals surface area contributed by atoms with Crippen LogP contribution in [0, 0.1) is 17.8 Å². The van der Waals surface area contributed by atoms with Crippen molar-refractivity contribution in [3.63, 3.8) is 0 Å². The molecule has 0 saturated carbocycles. The molecular formula is C49H76N6O11. The molecule has 3 N–H and O–H groups in total. The maximum absolute atomic E-state index is 14.5. The third-order valence-electron chi connectivity index (χ3n) is 13.6. The number of imide groups is 1. The van der Waals surface area contributed by atoms with Gasteiger partial charge in [-0.3, -0.25) is 38.5 Å². The Morgan fingerprint density at radius 3 is 2.08 bits per heavy atom. The molecule has 0 spiro atoms. The summed E-state index contributed by atoms with van der Waals surface area (Å²) in [6.45, 7) is 13.3. The smallest absolute Gasteiger partial charge is 0.326 e. The van der Waals surface area contributed by atoms with Gasteiger partial charge in [-0.05, 0) is 56.9 Å². The zero-order valence-electron chi connectivity index (χ0n) is 41.0. The van der Waals surface area contributed by atoms with E-state index in [-0.39, 0.29) is 60.6 Å². The Morgan fingerprint density at radius 2 is 1.52 bits per heavy atom. The van der Waals surface area contributed by atoms with Crippen LogP contribution >= 0.6 is 0 Å². The van der Waals surface area contributed by atoms with Gasteiger partial charge in [-0.2, -0.15) is 0 Å². The van der Waals surface area contributed by atoms with E-state index >= 15 is 0 Å². The van der Waals surface area contributed by atoms with Gasteiger partial charge >= 0.3 is 5.97 Å². The van der Waals surface area contributed by atoms with Crippen molar-refractivity contribution in [3.8, 4) is 0 Å². The molecule has 1 fully saturated rings. The molecule has 0 aliphatic carbocycles. The second-order valence-corrected chi connectivity index (χ2v) is 18.7. The van der Waals surface area contributed by atoms with E-state index < -0.39 is 65.6 Å². The number of rotatable bonds is 27. The van der Waals surface area contributed by atoms with Crippen LogP contribution in [0.25, 0.3) is 0 Å². The number of carbonyl (C=O) groups excluding carboxylic acids is 7. The molecule has 0 aromatic heterocycles. The molecule has 66 heavy (non-hydrogen) atoms. The van der Waals surface area contributed by atoms with Crippen LogP contribution in [0.15, 0.2) is 42.5 Å². The zero-order valence-corrected chi connectivity index (χ0v) is 41.0. The highest BCUT2D eigenvalue weighted by atomic mass is 16.5. The predicted octanol–water partition coefficient (Wildman–Crippen LogP) is 3.97. The Morgan fingerprint density at radius 1 is 0.894 bits per heavy atom. The van der Waals surface area contributed by atoms with Gasteiger partial charge in [-0.15, -0.1) is 0 Å². The highest BCUT2D eigenvalue weighted by Gasteiger charge is 2.44. The van der Waals surface area contributed by atoms with Crippen molar-refractivity contribution in [2.45, 2.75) is 155 Å². The van der Waals surface area contributed by atoms with Gasteiger partial charge in [0.25, 0.3) is 11.8 Å². The maximum atomic E-state index is 14.5. The number of nitrogens with one attached hydrogen (secondary N) is 2. The minimum atomic E-state index is -1.31. The number of amides is 7. The lowest BCUT2D eigenvalue weighted by Gasteiger charge is -2.41. The third-order valence-corrected chi connectivity index (χ3v) is 13.6. The van der Waals surface area contributed by atoms with Crippen molar-refractivity contribution in [1.82, 2.24) is 30.2 Å². The van der Waals surface area contributed by atoms with E-state index in [4.69, 9.17) is 9.47 Å². The summed E-state index contributed by atoms with van der Waals surface area (Å²) in [5, 5.41) is 15.5. The van der Waals surface area contributed by atoms with Crippen LogP contribution in [0.4, 0.5) is 0 Å². The molecule has 2 aliphatic heterocycles. The third kappa shape index (κ3) is 14.4. The number of likely N-dealkylation sites (tertiary alicyclic amines) is 1. The maximum Gasteiger partial charge on any atom is 0.326 e. The number of benzene rings is 1. The Labute approximate surface area is 391 Å². The highest BCUT2D eigenvalue weighted by Crippen LogP contribution is 2.30. The van der Waals surface area contributed by atoms with Crippen molar-refractivity contribution in [2.75, 3.05) is 41.4 Å². The fourth-order valence-corrected chi connectivity index (χ4v) is 8.89. The SMILES string of the molecule is CCC(C)C(C(CC(=O)N1CCCC1C(OC)C(C)C(=O)NC(Cc1ccccc1)C(=O)O)OC)N(C)C(=O)C(NC(=O)C(C)(C)N(C)C(=O)CCCCCCN1C(=O)C=CC1=O)C(C)C. The van der Waals surface area contributed by atoms with Gasteiger partial charge in [0.15, 0.2) is 0 Å². The van der Waals surface area contributed by atoms with Crippen LogP contribution < -0.4 is 10.6 Å². The van der Waals surface area contributed by atoms with E-state index in [0.29, 0.717) is 51.6 Å². The molecule has 1 aromatic rings. The molecule has 0 bridgehead atoms. The Kier molecular flexibility index (Phi) is 21.5. The van der Waals surface area contributed by atoms with E-state index in [2.05, 4.69) is 10.6 Å². The zero-order chi connectivity index (χ0) is 49.5. The number of carboxylic acids is 1. The molecule has 3 rings (SSSR count). The number of methoxy groups -OCH3 is 2. The lowest BCUT2D eigenvalue weighted by atomic mass is 9.89. The second-order valence-electron chi connectivity index (χ2n) is 18.7. The van der Waals surface area contributed by atoms with E-state index in [1.165, 1.54) is 36.2 Å². The van der Waals surface area contributed by atoms with Crippen LogP contribution in [0.3, 0.4) is 0 Å². The van der Waals surface area contributed by atoms with Gasteiger partial charge in [0.05, 0.1) is 36.6 Å². The molecule has 17 nitrogen and oxygen atoms in total. The molecule has 2 heterocycles. The summed E-state index contributed by atoms with van der Waals surface area (Å²) in [5.41, 5.74) is -0.548. The number of likely N-dealkylation sites (N-methyl/N-ethyl adjacent to an activating group) is 2. The molecular weight excluding hydrogens is 849 g/mol. The van der Waals surface area contributed by atoms with Crippen LogP contribution in [-0.2, 0) is 54.3 Å².